The Bertz CT molecular complexity index is 333. The maximum atomic E-state index is 12.3. The number of piperazine rings is 1. The van der Waals surface area contributed by atoms with E-state index >= 15 is 0 Å². The van der Waals surface area contributed by atoms with Gasteiger partial charge >= 0.3 is 0 Å². The predicted molar refractivity (Wildman–Crippen MR) is 69.4 cm³/mol. The van der Waals surface area contributed by atoms with Gasteiger partial charge in [0.1, 0.15) is 6.04 Å². The maximum absolute atomic E-state index is 12.3. The lowest BCUT2D eigenvalue weighted by atomic mass is 10.0. The summed E-state index contributed by atoms with van der Waals surface area (Å²) in [7, 11) is 0. The molecule has 3 N–H and O–H groups in total. The normalized spacial score (nSPS) is 21.9. The molecule has 0 saturated carbocycles. The minimum absolute atomic E-state index is 0.122. The van der Waals surface area contributed by atoms with Gasteiger partial charge in [0.05, 0.1) is 10.9 Å². The van der Waals surface area contributed by atoms with Crippen LogP contribution >= 0.6 is 12.2 Å². The van der Waals surface area contributed by atoms with Gasteiger partial charge in [0, 0.05) is 13.1 Å². The van der Waals surface area contributed by atoms with E-state index in [1.807, 2.05) is 6.92 Å². The predicted octanol–water partition coefficient (Wildman–Crippen LogP) is 0.0357. The Morgan fingerprint density at radius 3 is 2.88 bits per heavy atom. The van der Waals surface area contributed by atoms with Gasteiger partial charge in [-0.1, -0.05) is 25.6 Å². The van der Waals surface area contributed by atoms with Gasteiger partial charge in [-0.05, 0) is 13.3 Å². The first-order valence-electron chi connectivity index (χ1n) is 5.86. The lowest BCUT2D eigenvalue weighted by Crippen LogP contribution is -2.58. The summed E-state index contributed by atoms with van der Waals surface area (Å²) in [6.45, 7) is 4.71. The van der Waals surface area contributed by atoms with Crippen molar-refractivity contribution in [1.82, 2.24) is 10.2 Å². The molecule has 2 unspecified atom stereocenters. The van der Waals surface area contributed by atoms with Gasteiger partial charge in [-0.15, -0.1) is 0 Å². The molecule has 0 bridgehead atoms. The van der Waals surface area contributed by atoms with E-state index in [-0.39, 0.29) is 16.8 Å². The first kappa shape index (κ1) is 13.9. The average Bonchev–Trinajstić information content (AvgIpc) is 2.28. The first-order chi connectivity index (χ1) is 7.99. The summed E-state index contributed by atoms with van der Waals surface area (Å²) < 4.78 is 0. The van der Waals surface area contributed by atoms with Crippen LogP contribution in [0.2, 0.25) is 0 Å². The van der Waals surface area contributed by atoms with Gasteiger partial charge in [-0.3, -0.25) is 9.59 Å². The van der Waals surface area contributed by atoms with E-state index in [0.29, 0.717) is 19.5 Å². The van der Waals surface area contributed by atoms with Crippen LogP contribution in [0.4, 0.5) is 0 Å². The molecule has 0 radical (unpaired) electrons. The molecule has 0 spiro atoms. The molecule has 1 fully saturated rings. The van der Waals surface area contributed by atoms with E-state index < -0.39 is 12.0 Å². The number of carbonyl (C=O) groups excluding carboxylic acids is 2. The van der Waals surface area contributed by atoms with E-state index in [0.717, 1.165) is 6.42 Å². The Balaban J connectivity index is 2.79. The van der Waals surface area contributed by atoms with Gasteiger partial charge in [0.2, 0.25) is 11.8 Å². The Morgan fingerprint density at radius 1 is 1.71 bits per heavy atom. The van der Waals surface area contributed by atoms with Crippen LogP contribution in [-0.2, 0) is 9.59 Å². The number of nitrogens with zero attached hydrogens (tertiary/aromatic N) is 1. The highest BCUT2D eigenvalue weighted by Crippen LogP contribution is 2.15. The van der Waals surface area contributed by atoms with Crippen molar-refractivity contribution in [3.8, 4) is 0 Å². The molecule has 96 valence electrons. The smallest absolute Gasteiger partial charge is 0.242 e. The van der Waals surface area contributed by atoms with E-state index in [2.05, 4.69) is 5.32 Å². The fraction of sp³-hybridized carbons (Fsp3) is 0.727. The highest BCUT2D eigenvalue weighted by molar-refractivity contribution is 7.80. The summed E-state index contributed by atoms with van der Waals surface area (Å²) in [4.78, 5) is 25.5. The van der Waals surface area contributed by atoms with Crippen LogP contribution in [0.5, 0.6) is 0 Å². The van der Waals surface area contributed by atoms with Crippen molar-refractivity contribution in [2.24, 2.45) is 11.7 Å². The quantitative estimate of drug-likeness (QED) is 0.697. The summed E-state index contributed by atoms with van der Waals surface area (Å²) in [5, 5.41) is 2.72. The van der Waals surface area contributed by atoms with Crippen LogP contribution in [0, 0.1) is 5.92 Å². The van der Waals surface area contributed by atoms with Crippen LogP contribution in [0.25, 0.3) is 0 Å². The Hall–Kier alpha value is -1.17. The lowest BCUT2D eigenvalue weighted by molar-refractivity contribution is -0.144. The summed E-state index contributed by atoms with van der Waals surface area (Å²) in [5.41, 5.74) is 5.59. The monoisotopic (exact) mass is 257 g/mol. The number of nitrogens with one attached hydrogen (secondary N) is 1. The third-order valence-electron chi connectivity index (χ3n) is 3.00. The molecule has 1 rings (SSSR count). The highest BCUT2D eigenvalue weighted by atomic mass is 32.1. The molecule has 1 heterocycles. The number of amides is 2. The molecule has 17 heavy (non-hydrogen) atoms. The molecule has 1 aliphatic rings. The molecule has 0 aliphatic carbocycles. The largest absolute Gasteiger partial charge is 0.393 e. The van der Waals surface area contributed by atoms with Gasteiger partial charge in [0.15, 0.2) is 0 Å². The van der Waals surface area contributed by atoms with Crippen LogP contribution < -0.4 is 11.1 Å². The minimum Gasteiger partial charge on any atom is -0.393 e. The number of hydrogen-bond acceptors (Lipinski definition) is 3. The van der Waals surface area contributed by atoms with E-state index in [1.165, 1.54) is 0 Å². The zero-order valence-electron chi connectivity index (χ0n) is 10.2. The Morgan fingerprint density at radius 2 is 2.35 bits per heavy atom. The molecule has 6 heteroatoms. The fourth-order valence-electron chi connectivity index (χ4n) is 1.96. The lowest BCUT2D eigenvalue weighted by Gasteiger charge is -2.35. The molecule has 0 aromatic carbocycles. The third-order valence-corrected chi connectivity index (χ3v) is 3.29. The Labute approximate surface area is 107 Å². The topological polar surface area (TPSA) is 75.4 Å². The number of nitrogens with two attached hydrogens (primary N) is 1. The van der Waals surface area contributed by atoms with Gasteiger partial charge < -0.3 is 16.0 Å². The van der Waals surface area contributed by atoms with Crippen molar-refractivity contribution in [2.45, 2.75) is 32.7 Å². The molecule has 2 amide bonds. The van der Waals surface area contributed by atoms with Crippen molar-refractivity contribution < 1.29 is 9.59 Å². The van der Waals surface area contributed by atoms with Crippen LogP contribution in [0.1, 0.15) is 26.7 Å². The minimum atomic E-state index is -0.441. The highest BCUT2D eigenvalue weighted by Gasteiger charge is 2.33. The molecule has 1 aliphatic heterocycles. The van der Waals surface area contributed by atoms with E-state index in [9.17, 15) is 9.59 Å². The second kappa shape index (κ2) is 5.95. The average molecular weight is 257 g/mol. The number of carbonyl (C=O) groups is 2. The van der Waals surface area contributed by atoms with E-state index in [4.69, 9.17) is 18.0 Å². The molecular weight excluding hydrogens is 238 g/mol. The zero-order valence-corrected chi connectivity index (χ0v) is 11.0. The van der Waals surface area contributed by atoms with Crippen molar-refractivity contribution in [3.63, 3.8) is 0 Å². The molecule has 1 saturated heterocycles. The standard InChI is InChI=1S/C11H19N3O2S/c1-3-4-8(9(12)17)11(16)14-6-5-13-10(15)7(14)2/h7-8H,3-6H2,1-2H3,(H2,12,17)(H,13,15). The second-order valence-electron chi connectivity index (χ2n) is 4.24. The van der Waals surface area contributed by atoms with Crippen molar-refractivity contribution >= 4 is 29.0 Å². The Kier molecular flexibility index (Phi) is 4.86. The fourth-order valence-corrected chi connectivity index (χ4v) is 2.18. The summed E-state index contributed by atoms with van der Waals surface area (Å²) in [6, 6.07) is -0.440. The number of rotatable bonds is 4. The second-order valence-corrected chi connectivity index (χ2v) is 4.71. The van der Waals surface area contributed by atoms with E-state index in [1.54, 1.807) is 11.8 Å². The van der Waals surface area contributed by atoms with Gasteiger partial charge in [0.25, 0.3) is 0 Å². The summed E-state index contributed by atoms with van der Waals surface area (Å²) in [6.07, 6.45) is 1.47. The van der Waals surface area contributed by atoms with Crippen LogP contribution in [0.3, 0.4) is 0 Å². The van der Waals surface area contributed by atoms with Gasteiger partial charge in [-0.2, -0.15) is 0 Å². The SMILES string of the molecule is CCCC(C(=O)N1CCNC(=O)C1C)C(N)=S. The van der Waals surface area contributed by atoms with Gasteiger partial charge in [-0.25, -0.2) is 0 Å². The molecule has 0 aromatic heterocycles. The number of thiocarbonyl (C=S) groups is 1. The zero-order chi connectivity index (χ0) is 13.0. The van der Waals surface area contributed by atoms with Crippen molar-refractivity contribution in [1.29, 1.82) is 0 Å². The van der Waals surface area contributed by atoms with Crippen molar-refractivity contribution in [3.05, 3.63) is 0 Å². The molecular formula is C11H19N3O2S. The summed E-state index contributed by atoms with van der Waals surface area (Å²) in [5.74, 6) is -0.687. The molecule has 5 nitrogen and oxygen atoms in total. The van der Waals surface area contributed by atoms with Crippen molar-refractivity contribution in [2.75, 3.05) is 13.1 Å². The third kappa shape index (κ3) is 3.15. The maximum Gasteiger partial charge on any atom is 0.242 e. The summed E-state index contributed by atoms with van der Waals surface area (Å²) >= 11 is 4.93. The number of hydrogen-bond donors (Lipinski definition) is 2. The molecule has 0 aromatic rings. The first-order valence-corrected chi connectivity index (χ1v) is 6.27. The molecule has 2 atom stereocenters. The van der Waals surface area contributed by atoms with Crippen LogP contribution in [0.15, 0.2) is 0 Å². The van der Waals surface area contributed by atoms with Crippen LogP contribution in [-0.4, -0.2) is 40.8 Å².